The molecule has 0 spiro atoms. The number of para-hydroxylation sites is 1. The van der Waals surface area contributed by atoms with E-state index in [4.69, 9.17) is 4.74 Å². The summed E-state index contributed by atoms with van der Waals surface area (Å²) in [6.45, 7) is 1.97. The van der Waals surface area contributed by atoms with Crippen molar-refractivity contribution >= 4 is 28.9 Å². The molecule has 3 rings (SSSR count). The van der Waals surface area contributed by atoms with E-state index in [1.165, 1.54) is 18.4 Å². The maximum atomic E-state index is 12.8. The number of hydrogen-bond acceptors (Lipinski definition) is 4. The highest BCUT2D eigenvalue weighted by Gasteiger charge is 2.37. The fraction of sp³-hybridized carbons (Fsp3) is 0.294. The van der Waals surface area contributed by atoms with E-state index in [0.29, 0.717) is 11.3 Å². The Bertz CT molecular complexity index is 696. The molecule has 2 heterocycles. The molecule has 0 saturated carbocycles. The van der Waals surface area contributed by atoms with E-state index in [1.54, 1.807) is 4.90 Å². The van der Waals surface area contributed by atoms with Gasteiger partial charge in [0.2, 0.25) is 0 Å². The average molecular weight is 315 g/mol. The van der Waals surface area contributed by atoms with Crippen LogP contribution in [0.3, 0.4) is 0 Å². The van der Waals surface area contributed by atoms with Crippen molar-refractivity contribution in [2.75, 3.05) is 12.0 Å². The van der Waals surface area contributed by atoms with Crippen LogP contribution in [0.25, 0.3) is 0 Å². The number of anilines is 1. The Morgan fingerprint density at radius 1 is 1.23 bits per heavy atom. The molecule has 0 radical (unpaired) electrons. The number of amides is 1. The molecule has 2 atom stereocenters. The molecule has 1 aromatic heterocycles. The third-order valence-electron chi connectivity index (χ3n) is 4.03. The Morgan fingerprint density at radius 3 is 2.68 bits per heavy atom. The first-order chi connectivity index (χ1) is 10.6. The number of rotatable bonds is 2. The van der Waals surface area contributed by atoms with Crippen molar-refractivity contribution in [3.05, 3.63) is 52.2 Å². The van der Waals surface area contributed by atoms with Crippen molar-refractivity contribution in [1.82, 2.24) is 0 Å². The van der Waals surface area contributed by atoms with E-state index in [0.717, 1.165) is 11.3 Å². The summed E-state index contributed by atoms with van der Waals surface area (Å²) in [6.07, 6.45) is 0.570. The summed E-state index contributed by atoms with van der Waals surface area (Å²) in [5.74, 6) is -0.579. The largest absolute Gasteiger partial charge is 0.469 e. The van der Waals surface area contributed by atoms with Crippen LogP contribution in [0.5, 0.6) is 0 Å². The van der Waals surface area contributed by atoms with Crippen LogP contribution in [0, 0.1) is 0 Å². The molecular formula is C17H17NO3S. The van der Waals surface area contributed by atoms with Gasteiger partial charge in [-0.15, -0.1) is 11.3 Å². The summed E-state index contributed by atoms with van der Waals surface area (Å²) >= 11 is 1.43. The van der Waals surface area contributed by atoms with Gasteiger partial charge in [-0.25, -0.2) is 0 Å². The molecule has 1 aliphatic heterocycles. The van der Waals surface area contributed by atoms with Crippen LogP contribution >= 0.6 is 11.3 Å². The third kappa shape index (κ3) is 2.41. The van der Waals surface area contributed by atoms with Crippen molar-refractivity contribution < 1.29 is 14.3 Å². The lowest BCUT2D eigenvalue weighted by Crippen LogP contribution is -2.44. The molecule has 0 bridgehead atoms. The van der Waals surface area contributed by atoms with Crippen molar-refractivity contribution in [1.29, 1.82) is 0 Å². The molecule has 0 aliphatic carbocycles. The first-order valence-corrected chi connectivity index (χ1v) is 8.05. The number of methoxy groups -OCH3 is 1. The summed E-state index contributed by atoms with van der Waals surface area (Å²) in [5.41, 5.74) is 1.66. The van der Waals surface area contributed by atoms with Gasteiger partial charge in [0.1, 0.15) is 0 Å². The highest BCUT2D eigenvalue weighted by molar-refractivity contribution is 7.12. The lowest BCUT2D eigenvalue weighted by atomic mass is 9.86. The highest BCUT2D eigenvalue weighted by atomic mass is 32.1. The molecule has 114 valence electrons. The van der Waals surface area contributed by atoms with Crippen molar-refractivity contribution in [2.24, 2.45) is 0 Å². The molecule has 0 N–H and O–H groups in total. The van der Waals surface area contributed by atoms with Crippen molar-refractivity contribution in [3.8, 4) is 0 Å². The molecule has 0 saturated heterocycles. The summed E-state index contributed by atoms with van der Waals surface area (Å²) < 4.78 is 4.92. The lowest BCUT2D eigenvalue weighted by molar-refractivity contribution is -0.142. The summed E-state index contributed by atoms with van der Waals surface area (Å²) in [4.78, 5) is 27.4. The lowest BCUT2D eigenvalue weighted by Gasteiger charge is -2.38. The van der Waals surface area contributed by atoms with Gasteiger partial charge in [0.25, 0.3) is 5.91 Å². The Hall–Kier alpha value is -2.14. The Labute approximate surface area is 133 Å². The zero-order chi connectivity index (χ0) is 15.7. The maximum Gasteiger partial charge on any atom is 0.313 e. The van der Waals surface area contributed by atoms with Crippen molar-refractivity contribution in [2.45, 2.75) is 25.3 Å². The standard InChI is InChI=1S/C17H17NO3S/c1-11-10-13(17(20)21-2)12-6-3-4-7-14(12)18(11)16(19)15-8-5-9-22-15/h3-9,11,13H,10H2,1-2H3. The van der Waals surface area contributed by atoms with Crippen LogP contribution in [0.2, 0.25) is 0 Å². The number of hydrogen-bond donors (Lipinski definition) is 0. The van der Waals surface area contributed by atoms with Gasteiger partial charge in [0, 0.05) is 11.7 Å². The summed E-state index contributed by atoms with van der Waals surface area (Å²) in [5, 5.41) is 1.89. The van der Waals surface area contributed by atoms with E-state index in [-0.39, 0.29) is 23.8 Å². The van der Waals surface area contributed by atoms with Crippen molar-refractivity contribution in [3.63, 3.8) is 0 Å². The van der Waals surface area contributed by atoms with Crippen LogP contribution in [-0.2, 0) is 9.53 Å². The predicted molar refractivity (Wildman–Crippen MR) is 86.4 cm³/mol. The molecule has 0 fully saturated rings. The normalized spacial score (nSPS) is 20.4. The maximum absolute atomic E-state index is 12.8. The first kappa shape index (κ1) is 14.8. The van der Waals surface area contributed by atoms with Crippen LogP contribution in [0.4, 0.5) is 5.69 Å². The van der Waals surface area contributed by atoms with Gasteiger partial charge in [0.15, 0.2) is 0 Å². The van der Waals surface area contributed by atoms with Gasteiger partial charge in [-0.2, -0.15) is 0 Å². The molecule has 2 aromatic rings. The zero-order valence-corrected chi connectivity index (χ0v) is 13.3. The third-order valence-corrected chi connectivity index (χ3v) is 4.88. The van der Waals surface area contributed by atoms with E-state index < -0.39 is 0 Å². The van der Waals surface area contributed by atoms with Gasteiger partial charge in [0.05, 0.1) is 17.9 Å². The molecular weight excluding hydrogens is 298 g/mol. The minimum absolute atomic E-state index is 0.0155. The number of carbonyl (C=O) groups excluding carboxylic acids is 2. The van der Waals surface area contributed by atoms with E-state index in [2.05, 4.69) is 0 Å². The Morgan fingerprint density at radius 2 is 2.00 bits per heavy atom. The summed E-state index contributed by atoms with van der Waals surface area (Å²) in [6, 6.07) is 11.2. The number of esters is 1. The second-order valence-corrected chi connectivity index (χ2v) is 6.32. The molecule has 1 aromatic carbocycles. The summed E-state index contributed by atoms with van der Waals surface area (Å²) in [7, 11) is 1.40. The zero-order valence-electron chi connectivity index (χ0n) is 12.5. The Balaban J connectivity index is 2.05. The number of fused-ring (bicyclic) bond motifs is 1. The van der Waals surface area contributed by atoms with Crippen LogP contribution in [-0.4, -0.2) is 25.0 Å². The highest BCUT2D eigenvalue weighted by Crippen LogP contribution is 2.39. The monoisotopic (exact) mass is 315 g/mol. The average Bonchev–Trinajstić information content (AvgIpc) is 3.07. The van der Waals surface area contributed by atoms with E-state index in [9.17, 15) is 9.59 Å². The number of benzene rings is 1. The molecule has 5 heteroatoms. The SMILES string of the molecule is COC(=O)C1CC(C)N(C(=O)c2cccs2)c2ccccc21. The fourth-order valence-electron chi connectivity index (χ4n) is 3.01. The molecule has 1 aliphatic rings. The molecule has 2 unspecified atom stereocenters. The number of carbonyl (C=O) groups is 2. The van der Waals surface area contributed by atoms with Crippen LogP contribution in [0.1, 0.15) is 34.5 Å². The van der Waals surface area contributed by atoms with E-state index >= 15 is 0 Å². The minimum Gasteiger partial charge on any atom is -0.469 e. The second-order valence-electron chi connectivity index (χ2n) is 5.37. The smallest absolute Gasteiger partial charge is 0.313 e. The molecule has 1 amide bonds. The second kappa shape index (κ2) is 5.93. The van der Waals surface area contributed by atoms with Gasteiger partial charge < -0.3 is 9.64 Å². The number of ether oxygens (including phenoxy) is 1. The van der Waals surface area contributed by atoms with Gasteiger partial charge in [-0.1, -0.05) is 24.3 Å². The van der Waals surface area contributed by atoms with Gasteiger partial charge in [-0.3, -0.25) is 9.59 Å². The van der Waals surface area contributed by atoms with E-state index in [1.807, 2.05) is 48.7 Å². The number of thiophene rings is 1. The minimum atomic E-state index is -0.316. The first-order valence-electron chi connectivity index (χ1n) is 7.17. The molecule has 22 heavy (non-hydrogen) atoms. The van der Waals surface area contributed by atoms with Crippen LogP contribution in [0.15, 0.2) is 41.8 Å². The number of nitrogens with zero attached hydrogens (tertiary/aromatic N) is 1. The predicted octanol–water partition coefficient (Wildman–Crippen LogP) is 3.44. The van der Waals surface area contributed by atoms with Gasteiger partial charge >= 0.3 is 5.97 Å². The van der Waals surface area contributed by atoms with Gasteiger partial charge in [-0.05, 0) is 36.4 Å². The Kier molecular flexibility index (Phi) is 3.98. The quantitative estimate of drug-likeness (QED) is 0.798. The topological polar surface area (TPSA) is 46.6 Å². The van der Waals surface area contributed by atoms with Crippen LogP contribution < -0.4 is 4.90 Å². The fourth-order valence-corrected chi connectivity index (χ4v) is 3.67. The molecule has 4 nitrogen and oxygen atoms in total.